The first-order chi connectivity index (χ1) is 9.08. The van der Waals surface area contributed by atoms with Crippen LogP contribution in [0.3, 0.4) is 0 Å². The molecule has 0 heterocycles. The molecule has 0 unspecified atom stereocenters. The molecule has 4 heteroatoms. The molecule has 0 aliphatic heterocycles. The van der Waals surface area contributed by atoms with Gasteiger partial charge in [0.1, 0.15) is 0 Å². The summed E-state index contributed by atoms with van der Waals surface area (Å²) in [5.74, 6) is -0.0425. The van der Waals surface area contributed by atoms with E-state index in [0.717, 1.165) is 11.1 Å². The Morgan fingerprint density at radius 3 is 2.42 bits per heavy atom. The predicted octanol–water partition coefficient (Wildman–Crippen LogP) is 2.31. The molecule has 0 radical (unpaired) electrons. The molecule has 0 N–H and O–H groups in total. The molecule has 0 spiro atoms. The normalized spacial score (nSPS) is 10.0. The van der Waals surface area contributed by atoms with Gasteiger partial charge in [-0.1, -0.05) is 17.2 Å². The van der Waals surface area contributed by atoms with E-state index >= 15 is 0 Å². The largest absolute Gasteiger partial charge is 0.383 e. The van der Waals surface area contributed by atoms with Crippen LogP contribution in [0.1, 0.15) is 27.9 Å². The number of nitriles is 1. The van der Waals surface area contributed by atoms with E-state index in [2.05, 4.69) is 6.07 Å². The fourth-order valence-corrected chi connectivity index (χ4v) is 1.98. The first-order valence-electron chi connectivity index (χ1n) is 6.32. The molecular weight excluding hydrogens is 240 g/mol. The summed E-state index contributed by atoms with van der Waals surface area (Å²) in [5.41, 5.74) is 2.80. The molecule has 0 fully saturated rings. The first kappa shape index (κ1) is 15.2. The monoisotopic (exact) mass is 260 g/mol. The third-order valence-corrected chi connectivity index (χ3v) is 2.81. The number of hydrogen-bond donors (Lipinski definition) is 0. The average Bonchev–Trinajstić information content (AvgIpc) is 2.37. The van der Waals surface area contributed by atoms with Gasteiger partial charge in [-0.3, -0.25) is 4.79 Å². The maximum absolute atomic E-state index is 12.4. The highest BCUT2D eigenvalue weighted by molar-refractivity contribution is 5.94. The topological polar surface area (TPSA) is 53.3 Å². The Morgan fingerprint density at radius 1 is 1.26 bits per heavy atom. The quantitative estimate of drug-likeness (QED) is 0.788. The Hall–Kier alpha value is -1.86. The summed E-state index contributed by atoms with van der Waals surface area (Å²) in [6.45, 7) is 5.36. The Kier molecular flexibility index (Phi) is 6.04. The molecule has 0 aliphatic rings. The minimum atomic E-state index is -0.0425. The molecule has 0 saturated heterocycles. The molecule has 0 aromatic heterocycles. The minimum absolute atomic E-state index is 0.0425. The number of rotatable bonds is 6. The number of methoxy groups -OCH3 is 1. The van der Waals surface area contributed by atoms with E-state index in [0.29, 0.717) is 31.7 Å². The molecule has 0 aliphatic carbocycles. The SMILES string of the molecule is COCCN(CCC#N)C(=O)c1cc(C)cc(C)c1. The average molecular weight is 260 g/mol. The maximum Gasteiger partial charge on any atom is 0.253 e. The van der Waals surface area contributed by atoms with Crippen molar-refractivity contribution in [2.75, 3.05) is 26.8 Å². The van der Waals surface area contributed by atoms with Gasteiger partial charge in [0.15, 0.2) is 0 Å². The summed E-state index contributed by atoms with van der Waals surface area (Å²) in [5, 5.41) is 8.66. The second-order valence-corrected chi connectivity index (χ2v) is 4.57. The fraction of sp³-hybridized carbons (Fsp3) is 0.467. The highest BCUT2D eigenvalue weighted by Crippen LogP contribution is 2.12. The molecule has 0 bridgehead atoms. The Bertz CT molecular complexity index is 457. The van der Waals surface area contributed by atoms with Gasteiger partial charge in [0, 0.05) is 25.8 Å². The van der Waals surface area contributed by atoms with Crippen LogP contribution in [0.4, 0.5) is 0 Å². The lowest BCUT2D eigenvalue weighted by molar-refractivity contribution is 0.0699. The van der Waals surface area contributed by atoms with Crippen LogP contribution in [0.25, 0.3) is 0 Å². The molecule has 0 atom stereocenters. The van der Waals surface area contributed by atoms with Crippen LogP contribution in [-0.4, -0.2) is 37.6 Å². The standard InChI is InChI=1S/C15H20N2O2/c1-12-9-13(2)11-14(10-12)15(18)17(6-4-5-16)7-8-19-3/h9-11H,4,6-8H2,1-3H3. The van der Waals surface area contributed by atoms with E-state index < -0.39 is 0 Å². The van der Waals surface area contributed by atoms with Gasteiger partial charge < -0.3 is 9.64 Å². The fourth-order valence-electron chi connectivity index (χ4n) is 1.98. The summed E-state index contributed by atoms with van der Waals surface area (Å²) in [6, 6.07) is 7.86. The number of carbonyl (C=O) groups excluding carboxylic acids is 1. The molecule has 1 rings (SSSR count). The van der Waals surface area contributed by atoms with E-state index in [1.807, 2.05) is 32.0 Å². The van der Waals surface area contributed by atoms with Gasteiger partial charge in [0.2, 0.25) is 0 Å². The molecule has 19 heavy (non-hydrogen) atoms. The van der Waals surface area contributed by atoms with Crippen molar-refractivity contribution < 1.29 is 9.53 Å². The summed E-state index contributed by atoms with van der Waals surface area (Å²) in [6.07, 6.45) is 0.334. The van der Waals surface area contributed by atoms with Crippen LogP contribution in [0, 0.1) is 25.2 Å². The number of benzene rings is 1. The van der Waals surface area contributed by atoms with Gasteiger partial charge in [-0.05, 0) is 26.0 Å². The molecule has 1 amide bonds. The summed E-state index contributed by atoms with van der Waals surface area (Å²) in [7, 11) is 1.60. The van der Waals surface area contributed by atoms with Crippen LogP contribution >= 0.6 is 0 Å². The zero-order valence-electron chi connectivity index (χ0n) is 11.8. The first-order valence-corrected chi connectivity index (χ1v) is 6.32. The second kappa shape index (κ2) is 7.55. The highest BCUT2D eigenvalue weighted by Gasteiger charge is 2.15. The van der Waals surface area contributed by atoms with Crippen molar-refractivity contribution in [2.24, 2.45) is 0 Å². The number of ether oxygens (including phenoxy) is 1. The lowest BCUT2D eigenvalue weighted by Crippen LogP contribution is -2.34. The Labute approximate surface area is 114 Å². The predicted molar refractivity (Wildman–Crippen MR) is 73.9 cm³/mol. The van der Waals surface area contributed by atoms with Crippen LogP contribution in [0.2, 0.25) is 0 Å². The van der Waals surface area contributed by atoms with Crippen LogP contribution in [0.15, 0.2) is 18.2 Å². The van der Waals surface area contributed by atoms with Gasteiger partial charge in [-0.2, -0.15) is 5.26 Å². The van der Waals surface area contributed by atoms with E-state index in [1.165, 1.54) is 0 Å². The Morgan fingerprint density at radius 2 is 1.89 bits per heavy atom. The lowest BCUT2D eigenvalue weighted by Gasteiger charge is -2.21. The van der Waals surface area contributed by atoms with Crippen LogP contribution in [-0.2, 0) is 4.74 Å². The number of aryl methyl sites for hydroxylation is 2. The molecule has 1 aromatic rings. The summed E-state index contributed by atoms with van der Waals surface area (Å²) < 4.78 is 5.01. The van der Waals surface area contributed by atoms with Crippen molar-refractivity contribution in [3.05, 3.63) is 34.9 Å². The number of carbonyl (C=O) groups is 1. The smallest absolute Gasteiger partial charge is 0.253 e. The molecule has 0 saturated carbocycles. The molecule has 4 nitrogen and oxygen atoms in total. The molecular formula is C15H20N2O2. The van der Waals surface area contributed by atoms with E-state index in [4.69, 9.17) is 10.00 Å². The molecule has 102 valence electrons. The summed E-state index contributed by atoms with van der Waals surface area (Å²) >= 11 is 0. The van der Waals surface area contributed by atoms with Gasteiger partial charge in [-0.25, -0.2) is 0 Å². The van der Waals surface area contributed by atoms with Gasteiger partial charge >= 0.3 is 0 Å². The van der Waals surface area contributed by atoms with Crippen LogP contribution < -0.4 is 0 Å². The van der Waals surface area contributed by atoms with Gasteiger partial charge in [-0.15, -0.1) is 0 Å². The summed E-state index contributed by atoms with van der Waals surface area (Å²) in [4.78, 5) is 14.1. The molecule has 1 aromatic carbocycles. The van der Waals surface area contributed by atoms with Crippen molar-refractivity contribution in [3.8, 4) is 6.07 Å². The number of nitrogens with zero attached hydrogens (tertiary/aromatic N) is 2. The maximum atomic E-state index is 12.4. The van der Waals surface area contributed by atoms with E-state index in [-0.39, 0.29) is 5.91 Å². The lowest BCUT2D eigenvalue weighted by atomic mass is 10.1. The Balaban J connectivity index is 2.87. The van der Waals surface area contributed by atoms with Crippen molar-refractivity contribution in [1.82, 2.24) is 4.90 Å². The number of hydrogen-bond acceptors (Lipinski definition) is 3. The second-order valence-electron chi connectivity index (χ2n) is 4.57. The third-order valence-electron chi connectivity index (χ3n) is 2.81. The number of amides is 1. The van der Waals surface area contributed by atoms with E-state index in [1.54, 1.807) is 12.0 Å². The minimum Gasteiger partial charge on any atom is -0.383 e. The highest BCUT2D eigenvalue weighted by atomic mass is 16.5. The van der Waals surface area contributed by atoms with E-state index in [9.17, 15) is 4.79 Å². The zero-order valence-corrected chi connectivity index (χ0v) is 11.8. The van der Waals surface area contributed by atoms with Crippen molar-refractivity contribution in [1.29, 1.82) is 5.26 Å². The van der Waals surface area contributed by atoms with Crippen molar-refractivity contribution in [3.63, 3.8) is 0 Å². The van der Waals surface area contributed by atoms with Crippen molar-refractivity contribution >= 4 is 5.91 Å². The van der Waals surface area contributed by atoms with Gasteiger partial charge in [0.25, 0.3) is 5.91 Å². The third kappa shape index (κ3) is 4.72. The van der Waals surface area contributed by atoms with Crippen LogP contribution in [0.5, 0.6) is 0 Å². The van der Waals surface area contributed by atoms with Crippen molar-refractivity contribution in [2.45, 2.75) is 20.3 Å². The zero-order chi connectivity index (χ0) is 14.3. The van der Waals surface area contributed by atoms with Gasteiger partial charge in [0.05, 0.1) is 19.1 Å².